The molecule has 4 rings (SSSR count). The number of morpholine rings is 1. The number of methoxy groups -OCH3 is 2. The summed E-state index contributed by atoms with van der Waals surface area (Å²) in [6.45, 7) is 1.18. The predicted molar refractivity (Wildman–Crippen MR) is 142 cm³/mol. The number of carbonyl (C=O) groups excluding carboxylic acids is 2. The number of nitrogens with zero attached hydrogens (tertiary/aromatic N) is 2. The maximum atomic E-state index is 13.7. The number of benzene rings is 3. The van der Waals surface area contributed by atoms with Gasteiger partial charge in [0.1, 0.15) is 18.0 Å². The molecule has 0 bridgehead atoms. The molecule has 0 aromatic heterocycles. The van der Waals surface area contributed by atoms with Crippen LogP contribution in [0.15, 0.2) is 77.7 Å². The number of ether oxygens (including phenoxy) is 3. The standard InChI is InChI=1S/C27H29N3O7S/c1-35-20-12-13-25(36-2)24(18-20)30(38(33,34)21-8-4-3-5-9-21)19-26(31)28-23-11-7-6-10-22(23)27(32)29-14-16-37-17-15-29/h3-13,18H,14-17,19H2,1-2H3,(H,28,31). The smallest absolute Gasteiger partial charge is 0.264 e. The Bertz CT molecular complexity index is 1390. The Morgan fingerprint density at radius 2 is 1.63 bits per heavy atom. The van der Waals surface area contributed by atoms with Gasteiger partial charge in [0.15, 0.2) is 0 Å². The molecular weight excluding hydrogens is 510 g/mol. The third-order valence-corrected chi connectivity index (χ3v) is 7.78. The lowest BCUT2D eigenvalue weighted by Gasteiger charge is -2.28. The van der Waals surface area contributed by atoms with Gasteiger partial charge >= 0.3 is 0 Å². The van der Waals surface area contributed by atoms with Crippen LogP contribution in [0.4, 0.5) is 11.4 Å². The summed E-state index contributed by atoms with van der Waals surface area (Å²) in [5.74, 6) is -0.263. The van der Waals surface area contributed by atoms with E-state index in [1.165, 1.54) is 32.4 Å². The maximum absolute atomic E-state index is 13.7. The molecule has 1 heterocycles. The largest absolute Gasteiger partial charge is 0.497 e. The maximum Gasteiger partial charge on any atom is 0.264 e. The fourth-order valence-corrected chi connectivity index (χ4v) is 5.49. The van der Waals surface area contributed by atoms with Crippen molar-refractivity contribution in [1.82, 2.24) is 4.90 Å². The molecular formula is C27H29N3O7S. The lowest BCUT2D eigenvalue weighted by Crippen LogP contribution is -2.41. The van der Waals surface area contributed by atoms with E-state index in [-0.39, 0.29) is 27.9 Å². The Morgan fingerprint density at radius 1 is 0.947 bits per heavy atom. The van der Waals surface area contributed by atoms with Crippen LogP contribution >= 0.6 is 0 Å². The molecule has 10 nitrogen and oxygen atoms in total. The fourth-order valence-electron chi connectivity index (χ4n) is 4.05. The molecule has 0 spiro atoms. The van der Waals surface area contributed by atoms with Crippen molar-refractivity contribution in [2.24, 2.45) is 0 Å². The van der Waals surface area contributed by atoms with Gasteiger partial charge in [-0.1, -0.05) is 30.3 Å². The molecule has 0 saturated carbocycles. The van der Waals surface area contributed by atoms with Crippen molar-refractivity contribution < 1.29 is 32.2 Å². The number of carbonyl (C=O) groups is 2. The Labute approximate surface area is 221 Å². The number of rotatable bonds is 9. The molecule has 0 aliphatic carbocycles. The Balaban J connectivity index is 1.67. The van der Waals surface area contributed by atoms with Crippen molar-refractivity contribution in [3.05, 3.63) is 78.4 Å². The van der Waals surface area contributed by atoms with E-state index in [1.807, 2.05) is 0 Å². The van der Waals surface area contributed by atoms with Gasteiger partial charge in [0.05, 0.1) is 49.3 Å². The third-order valence-electron chi connectivity index (χ3n) is 6.00. The second-order valence-corrected chi connectivity index (χ2v) is 10.2. The van der Waals surface area contributed by atoms with Gasteiger partial charge < -0.3 is 24.4 Å². The van der Waals surface area contributed by atoms with Gasteiger partial charge in [-0.15, -0.1) is 0 Å². The van der Waals surface area contributed by atoms with Crippen molar-refractivity contribution in [1.29, 1.82) is 0 Å². The summed E-state index contributed by atoms with van der Waals surface area (Å²) in [5.41, 5.74) is 0.714. The molecule has 2 amide bonds. The van der Waals surface area contributed by atoms with Crippen LogP contribution in [0.2, 0.25) is 0 Å². The van der Waals surface area contributed by atoms with Crippen LogP contribution in [0.25, 0.3) is 0 Å². The van der Waals surface area contributed by atoms with Gasteiger partial charge in [-0.05, 0) is 36.4 Å². The number of amides is 2. The van der Waals surface area contributed by atoms with E-state index in [0.29, 0.717) is 37.6 Å². The van der Waals surface area contributed by atoms with E-state index in [0.717, 1.165) is 4.31 Å². The minimum atomic E-state index is -4.19. The Hall–Kier alpha value is -4.09. The monoisotopic (exact) mass is 539 g/mol. The number of hydrogen-bond acceptors (Lipinski definition) is 7. The second kappa shape index (κ2) is 12.0. The zero-order chi connectivity index (χ0) is 27.1. The minimum absolute atomic E-state index is 0.000526. The second-order valence-electron chi connectivity index (χ2n) is 8.36. The molecule has 0 atom stereocenters. The zero-order valence-electron chi connectivity index (χ0n) is 21.1. The van der Waals surface area contributed by atoms with E-state index in [4.69, 9.17) is 14.2 Å². The molecule has 1 aliphatic rings. The van der Waals surface area contributed by atoms with Crippen molar-refractivity contribution in [2.75, 3.05) is 56.7 Å². The Kier molecular flexibility index (Phi) is 8.49. The molecule has 3 aromatic carbocycles. The molecule has 3 aromatic rings. The van der Waals surface area contributed by atoms with E-state index < -0.39 is 22.5 Å². The average Bonchev–Trinajstić information content (AvgIpc) is 2.96. The topological polar surface area (TPSA) is 114 Å². The summed E-state index contributed by atoms with van der Waals surface area (Å²) in [7, 11) is -1.33. The SMILES string of the molecule is COc1ccc(OC)c(N(CC(=O)Nc2ccccc2C(=O)N2CCOCC2)S(=O)(=O)c2ccccc2)c1. The first-order valence-corrected chi connectivity index (χ1v) is 13.3. The van der Waals surface area contributed by atoms with Crippen LogP contribution in [-0.2, 0) is 19.6 Å². The third kappa shape index (κ3) is 5.90. The van der Waals surface area contributed by atoms with E-state index in [9.17, 15) is 18.0 Å². The van der Waals surface area contributed by atoms with Gasteiger partial charge in [0, 0.05) is 19.2 Å². The van der Waals surface area contributed by atoms with Crippen molar-refractivity contribution in [3.8, 4) is 11.5 Å². The highest BCUT2D eigenvalue weighted by atomic mass is 32.2. The van der Waals surface area contributed by atoms with Crippen LogP contribution in [0.3, 0.4) is 0 Å². The van der Waals surface area contributed by atoms with Gasteiger partial charge in [-0.25, -0.2) is 8.42 Å². The summed E-state index contributed by atoms with van der Waals surface area (Å²) in [5, 5.41) is 2.72. The molecule has 11 heteroatoms. The molecule has 1 saturated heterocycles. The number of sulfonamides is 1. The van der Waals surface area contributed by atoms with Gasteiger partial charge in [0.25, 0.3) is 15.9 Å². The normalized spacial score (nSPS) is 13.5. The van der Waals surface area contributed by atoms with Crippen molar-refractivity contribution >= 4 is 33.2 Å². The molecule has 200 valence electrons. The molecule has 1 aliphatic heterocycles. The van der Waals surface area contributed by atoms with Crippen LogP contribution in [0.5, 0.6) is 11.5 Å². The van der Waals surface area contributed by atoms with Crippen LogP contribution in [0, 0.1) is 0 Å². The molecule has 0 radical (unpaired) electrons. The molecule has 1 fully saturated rings. The molecule has 38 heavy (non-hydrogen) atoms. The highest BCUT2D eigenvalue weighted by Crippen LogP contribution is 2.35. The fraction of sp³-hybridized carbons (Fsp3) is 0.259. The molecule has 0 unspecified atom stereocenters. The first-order valence-electron chi connectivity index (χ1n) is 11.9. The summed E-state index contributed by atoms with van der Waals surface area (Å²) < 4.78 is 44.5. The van der Waals surface area contributed by atoms with Crippen LogP contribution in [0.1, 0.15) is 10.4 Å². The molecule has 1 N–H and O–H groups in total. The van der Waals surface area contributed by atoms with E-state index in [1.54, 1.807) is 59.5 Å². The van der Waals surface area contributed by atoms with E-state index in [2.05, 4.69) is 5.32 Å². The van der Waals surface area contributed by atoms with Gasteiger partial charge in [0.2, 0.25) is 5.91 Å². The summed E-state index contributed by atoms with van der Waals surface area (Å²) >= 11 is 0. The van der Waals surface area contributed by atoms with Crippen molar-refractivity contribution in [3.63, 3.8) is 0 Å². The Morgan fingerprint density at radius 3 is 2.32 bits per heavy atom. The summed E-state index contributed by atoms with van der Waals surface area (Å²) in [4.78, 5) is 28.1. The quantitative estimate of drug-likeness (QED) is 0.445. The number of para-hydroxylation sites is 1. The number of anilines is 2. The lowest BCUT2D eigenvalue weighted by atomic mass is 10.1. The highest BCUT2D eigenvalue weighted by Gasteiger charge is 2.30. The predicted octanol–water partition coefficient (Wildman–Crippen LogP) is 3.01. The number of hydrogen-bond donors (Lipinski definition) is 1. The van der Waals surface area contributed by atoms with Gasteiger partial charge in [-0.2, -0.15) is 0 Å². The summed E-state index contributed by atoms with van der Waals surface area (Å²) in [6, 6.07) is 19.1. The number of nitrogens with one attached hydrogen (secondary N) is 1. The van der Waals surface area contributed by atoms with Crippen molar-refractivity contribution in [2.45, 2.75) is 4.90 Å². The highest BCUT2D eigenvalue weighted by molar-refractivity contribution is 7.92. The van der Waals surface area contributed by atoms with Crippen LogP contribution < -0.4 is 19.1 Å². The lowest BCUT2D eigenvalue weighted by molar-refractivity contribution is -0.114. The minimum Gasteiger partial charge on any atom is -0.497 e. The first kappa shape index (κ1) is 27.0. The summed E-state index contributed by atoms with van der Waals surface area (Å²) in [6.07, 6.45) is 0. The van der Waals surface area contributed by atoms with E-state index >= 15 is 0 Å². The van der Waals surface area contributed by atoms with Gasteiger partial charge in [-0.3, -0.25) is 13.9 Å². The van der Waals surface area contributed by atoms with Crippen LogP contribution in [-0.4, -0.2) is 72.2 Å². The zero-order valence-corrected chi connectivity index (χ0v) is 21.9. The first-order chi connectivity index (χ1) is 18.3. The average molecular weight is 540 g/mol.